The van der Waals surface area contributed by atoms with E-state index in [1.54, 1.807) is 6.20 Å². The van der Waals surface area contributed by atoms with Gasteiger partial charge in [-0.05, 0) is 39.3 Å². The SMILES string of the molecule is Cc1n[nH]c(C)c1NC(=O)CN1CCCC[C@@H]1Cn1cccn1. The molecular formula is C16H24N6O. The first-order chi connectivity index (χ1) is 11.1. The maximum absolute atomic E-state index is 12.4. The lowest BCUT2D eigenvalue weighted by Crippen LogP contribution is -2.46. The van der Waals surface area contributed by atoms with Gasteiger partial charge in [-0.3, -0.25) is 19.5 Å². The first-order valence-electron chi connectivity index (χ1n) is 8.16. The molecule has 7 heteroatoms. The fourth-order valence-electron chi connectivity index (χ4n) is 3.20. The molecule has 0 saturated carbocycles. The number of aryl methyl sites for hydroxylation is 2. The average molecular weight is 316 g/mol. The maximum Gasteiger partial charge on any atom is 0.238 e. The fraction of sp³-hybridized carbons (Fsp3) is 0.562. The normalized spacial score (nSPS) is 19.0. The summed E-state index contributed by atoms with van der Waals surface area (Å²) in [7, 11) is 0. The standard InChI is InChI=1S/C16H24N6O/c1-12-16(13(2)20-19-12)18-15(23)11-21-8-4-3-6-14(21)10-22-9-5-7-17-22/h5,7,9,14H,3-4,6,8,10-11H2,1-2H3,(H,18,23)(H,19,20)/t14-/m1/s1. The van der Waals surface area contributed by atoms with Crippen molar-refractivity contribution in [2.45, 2.75) is 45.7 Å². The highest BCUT2D eigenvalue weighted by atomic mass is 16.2. The molecular weight excluding hydrogens is 292 g/mol. The molecule has 0 radical (unpaired) electrons. The molecule has 0 bridgehead atoms. The smallest absolute Gasteiger partial charge is 0.238 e. The van der Waals surface area contributed by atoms with Crippen molar-refractivity contribution < 1.29 is 4.79 Å². The molecule has 1 atom stereocenters. The fourth-order valence-corrected chi connectivity index (χ4v) is 3.20. The van der Waals surface area contributed by atoms with E-state index in [0.29, 0.717) is 12.6 Å². The van der Waals surface area contributed by atoms with E-state index >= 15 is 0 Å². The Kier molecular flexibility index (Phi) is 4.76. The van der Waals surface area contributed by atoms with Crippen LogP contribution < -0.4 is 5.32 Å². The Balaban J connectivity index is 1.61. The minimum atomic E-state index is 0.0185. The number of aromatic amines is 1. The highest BCUT2D eigenvalue weighted by molar-refractivity contribution is 5.93. The number of aromatic nitrogens is 4. The summed E-state index contributed by atoms with van der Waals surface area (Å²) in [4.78, 5) is 14.7. The zero-order valence-electron chi connectivity index (χ0n) is 13.7. The number of hydrogen-bond donors (Lipinski definition) is 2. The lowest BCUT2D eigenvalue weighted by Gasteiger charge is -2.35. The van der Waals surface area contributed by atoms with E-state index in [4.69, 9.17) is 0 Å². The summed E-state index contributed by atoms with van der Waals surface area (Å²) in [5, 5.41) is 14.3. The van der Waals surface area contributed by atoms with Crippen LogP contribution in [0.25, 0.3) is 0 Å². The summed E-state index contributed by atoms with van der Waals surface area (Å²) in [6.45, 7) is 6.01. The van der Waals surface area contributed by atoms with Gasteiger partial charge in [0.1, 0.15) is 0 Å². The molecule has 2 N–H and O–H groups in total. The summed E-state index contributed by atoms with van der Waals surface area (Å²) in [5.41, 5.74) is 2.51. The first kappa shape index (κ1) is 15.7. The van der Waals surface area contributed by atoms with Crippen LogP contribution in [-0.2, 0) is 11.3 Å². The van der Waals surface area contributed by atoms with Crippen molar-refractivity contribution in [1.82, 2.24) is 24.9 Å². The number of hydrogen-bond acceptors (Lipinski definition) is 4. The lowest BCUT2D eigenvalue weighted by atomic mass is 10.0. The molecule has 1 aliphatic rings. The molecule has 1 amide bonds. The number of piperidine rings is 1. The largest absolute Gasteiger partial charge is 0.322 e. The molecule has 3 rings (SSSR count). The van der Waals surface area contributed by atoms with E-state index in [0.717, 1.165) is 43.0 Å². The highest BCUT2D eigenvalue weighted by Gasteiger charge is 2.25. The van der Waals surface area contributed by atoms with Crippen molar-refractivity contribution in [3.63, 3.8) is 0 Å². The molecule has 3 heterocycles. The van der Waals surface area contributed by atoms with Gasteiger partial charge in [0.25, 0.3) is 0 Å². The number of anilines is 1. The molecule has 0 spiro atoms. The maximum atomic E-state index is 12.4. The number of amides is 1. The van der Waals surface area contributed by atoms with Gasteiger partial charge >= 0.3 is 0 Å². The molecule has 2 aromatic rings. The number of nitrogens with one attached hydrogen (secondary N) is 2. The number of carbonyl (C=O) groups is 1. The quantitative estimate of drug-likeness (QED) is 0.880. The average Bonchev–Trinajstić information content (AvgIpc) is 3.14. The lowest BCUT2D eigenvalue weighted by molar-refractivity contribution is -0.118. The van der Waals surface area contributed by atoms with Crippen LogP contribution >= 0.6 is 0 Å². The Hall–Kier alpha value is -2.15. The molecule has 2 aromatic heterocycles. The van der Waals surface area contributed by atoms with Crippen molar-refractivity contribution in [2.75, 3.05) is 18.4 Å². The molecule has 0 aliphatic carbocycles. The topological polar surface area (TPSA) is 78.8 Å². The van der Waals surface area contributed by atoms with Crippen LogP contribution in [0.3, 0.4) is 0 Å². The second-order valence-electron chi connectivity index (χ2n) is 6.21. The van der Waals surface area contributed by atoms with Gasteiger partial charge in [-0.25, -0.2) is 0 Å². The third-order valence-corrected chi connectivity index (χ3v) is 4.45. The number of H-pyrrole nitrogens is 1. The van der Waals surface area contributed by atoms with Gasteiger partial charge < -0.3 is 5.32 Å². The Labute approximate surface area is 136 Å². The molecule has 1 fully saturated rings. The minimum Gasteiger partial charge on any atom is -0.322 e. The Morgan fingerprint density at radius 2 is 2.30 bits per heavy atom. The van der Waals surface area contributed by atoms with Crippen molar-refractivity contribution in [1.29, 1.82) is 0 Å². The van der Waals surface area contributed by atoms with Crippen LogP contribution in [0.5, 0.6) is 0 Å². The van der Waals surface area contributed by atoms with Crippen molar-refractivity contribution >= 4 is 11.6 Å². The second-order valence-corrected chi connectivity index (χ2v) is 6.21. The number of carbonyl (C=O) groups excluding carboxylic acids is 1. The summed E-state index contributed by atoms with van der Waals surface area (Å²) < 4.78 is 1.95. The van der Waals surface area contributed by atoms with Crippen LogP contribution in [0.2, 0.25) is 0 Å². The second kappa shape index (κ2) is 6.95. The number of likely N-dealkylation sites (tertiary alicyclic amines) is 1. The predicted octanol–water partition coefficient (Wildman–Crippen LogP) is 1.72. The first-order valence-corrected chi connectivity index (χ1v) is 8.16. The third kappa shape index (κ3) is 3.79. The van der Waals surface area contributed by atoms with Crippen LogP contribution in [0, 0.1) is 13.8 Å². The van der Waals surface area contributed by atoms with Crippen molar-refractivity contribution in [2.24, 2.45) is 0 Å². The molecule has 7 nitrogen and oxygen atoms in total. The molecule has 0 aromatic carbocycles. The molecule has 124 valence electrons. The van der Waals surface area contributed by atoms with Gasteiger partial charge in [-0.2, -0.15) is 10.2 Å². The van der Waals surface area contributed by atoms with Crippen LogP contribution in [0.1, 0.15) is 30.7 Å². The highest BCUT2D eigenvalue weighted by Crippen LogP contribution is 2.19. The summed E-state index contributed by atoms with van der Waals surface area (Å²) in [6, 6.07) is 2.30. The van der Waals surface area contributed by atoms with Crippen molar-refractivity contribution in [3.8, 4) is 0 Å². The van der Waals surface area contributed by atoms with Crippen LogP contribution in [0.4, 0.5) is 5.69 Å². The van der Waals surface area contributed by atoms with Gasteiger partial charge in [0.15, 0.2) is 0 Å². The van der Waals surface area contributed by atoms with Gasteiger partial charge in [-0.1, -0.05) is 6.42 Å². The molecule has 23 heavy (non-hydrogen) atoms. The number of rotatable bonds is 5. The van der Waals surface area contributed by atoms with Crippen LogP contribution in [0.15, 0.2) is 18.5 Å². The summed E-state index contributed by atoms with van der Waals surface area (Å²) >= 11 is 0. The van der Waals surface area contributed by atoms with E-state index < -0.39 is 0 Å². The predicted molar refractivity (Wildman–Crippen MR) is 88.1 cm³/mol. The Morgan fingerprint density at radius 3 is 3.00 bits per heavy atom. The van der Waals surface area contributed by atoms with E-state index in [1.807, 2.05) is 30.8 Å². The summed E-state index contributed by atoms with van der Waals surface area (Å²) in [5.74, 6) is 0.0185. The third-order valence-electron chi connectivity index (χ3n) is 4.45. The van der Waals surface area contributed by atoms with Gasteiger partial charge in [0.05, 0.1) is 30.2 Å². The van der Waals surface area contributed by atoms with E-state index in [9.17, 15) is 4.79 Å². The number of nitrogens with zero attached hydrogens (tertiary/aromatic N) is 4. The van der Waals surface area contributed by atoms with Crippen molar-refractivity contribution in [3.05, 3.63) is 29.8 Å². The van der Waals surface area contributed by atoms with E-state index in [1.165, 1.54) is 6.42 Å². The van der Waals surface area contributed by atoms with Gasteiger partial charge in [0.2, 0.25) is 5.91 Å². The zero-order chi connectivity index (χ0) is 16.2. The van der Waals surface area contributed by atoms with E-state index in [-0.39, 0.29) is 5.91 Å². The van der Waals surface area contributed by atoms with Gasteiger partial charge in [0, 0.05) is 18.4 Å². The zero-order valence-corrected chi connectivity index (χ0v) is 13.7. The summed E-state index contributed by atoms with van der Waals surface area (Å²) in [6.07, 6.45) is 7.24. The molecule has 0 unspecified atom stereocenters. The Morgan fingerprint density at radius 1 is 1.43 bits per heavy atom. The molecule has 1 saturated heterocycles. The van der Waals surface area contributed by atoms with Gasteiger partial charge in [-0.15, -0.1) is 0 Å². The monoisotopic (exact) mass is 316 g/mol. The minimum absolute atomic E-state index is 0.0185. The molecule has 1 aliphatic heterocycles. The Bertz CT molecular complexity index is 628. The van der Waals surface area contributed by atoms with Crippen LogP contribution in [-0.4, -0.2) is 49.9 Å². The van der Waals surface area contributed by atoms with E-state index in [2.05, 4.69) is 25.5 Å².